The van der Waals surface area contributed by atoms with Gasteiger partial charge in [-0.3, -0.25) is 0 Å². The van der Waals surface area contributed by atoms with Crippen molar-refractivity contribution in [3.63, 3.8) is 0 Å². The summed E-state index contributed by atoms with van der Waals surface area (Å²) in [6, 6.07) is 8.64. The molecule has 1 aromatic carbocycles. The van der Waals surface area contributed by atoms with Gasteiger partial charge in [-0.2, -0.15) is 15.0 Å². The van der Waals surface area contributed by atoms with Gasteiger partial charge >= 0.3 is 6.01 Å². The molecule has 0 bridgehead atoms. The predicted molar refractivity (Wildman–Crippen MR) is 77.7 cm³/mol. The molecule has 0 amide bonds. The Kier molecular flexibility index (Phi) is 3.37. The lowest BCUT2D eigenvalue weighted by Crippen LogP contribution is -2.18. The van der Waals surface area contributed by atoms with Crippen molar-refractivity contribution >= 4 is 17.6 Å². The van der Waals surface area contributed by atoms with E-state index in [1.54, 1.807) is 7.11 Å². The molecule has 0 saturated carbocycles. The first-order valence-corrected chi connectivity index (χ1v) is 6.71. The first kappa shape index (κ1) is 12.7. The lowest BCUT2D eigenvalue weighted by atomic mass is 10.2. The van der Waals surface area contributed by atoms with E-state index in [9.17, 15) is 0 Å². The molecule has 0 saturated heterocycles. The van der Waals surface area contributed by atoms with Crippen LogP contribution in [0.4, 0.5) is 17.6 Å². The third-order valence-corrected chi connectivity index (χ3v) is 3.25. The fourth-order valence-corrected chi connectivity index (χ4v) is 2.34. The maximum absolute atomic E-state index is 5.16. The smallest absolute Gasteiger partial charge is 0.322 e. The highest BCUT2D eigenvalue weighted by Crippen LogP contribution is 2.32. The number of fused-ring (bicyclic) bond motifs is 1. The van der Waals surface area contributed by atoms with E-state index in [-0.39, 0.29) is 0 Å². The summed E-state index contributed by atoms with van der Waals surface area (Å²) >= 11 is 0. The van der Waals surface area contributed by atoms with Crippen molar-refractivity contribution in [3.05, 3.63) is 29.8 Å². The number of rotatable bonds is 4. The van der Waals surface area contributed by atoms with Crippen LogP contribution in [0, 0.1) is 0 Å². The van der Waals surface area contributed by atoms with Gasteiger partial charge in [0.25, 0.3) is 0 Å². The molecule has 3 rings (SSSR count). The van der Waals surface area contributed by atoms with E-state index in [0.717, 1.165) is 25.2 Å². The fraction of sp³-hybridized carbons (Fsp3) is 0.357. The number of para-hydroxylation sites is 1. The van der Waals surface area contributed by atoms with Crippen LogP contribution in [0.3, 0.4) is 0 Å². The van der Waals surface area contributed by atoms with Gasteiger partial charge in [-0.05, 0) is 25.0 Å². The molecule has 0 aliphatic carbocycles. The van der Waals surface area contributed by atoms with Crippen molar-refractivity contribution in [3.8, 4) is 6.01 Å². The fourth-order valence-electron chi connectivity index (χ4n) is 2.34. The minimum Gasteiger partial charge on any atom is -0.467 e. The van der Waals surface area contributed by atoms with Gasteiger partial charge in [-0.25, -0.2) is 0 Å². The zero-order valence-electron chi connectivity index (χ0n) is 11.6. The predicted octanol–water partition coefficient (Wildman–Crippen LogP) is 2.01. The minimum absolute atomic E-state index is 0.329. The van der Waals surface area contributed by atoms with Gasteiger partial charge in [-0.1, -0.05) is 18.2 Å². The zero-order chi connectivity index (χ0) is 13.9. The number of nitrogens with zero attached hydrogens (tertiary/aromatic N) is 4. The zero-order valence-corrected chi connectivity index (χ0v) is 11.6. The number of ether oxygens (including phenoxy) is 1. The van der Waals surface area contributed by atoms with Crippen LogP contribution < -0.4 is 15.0 Å². The van der Waals surface area contributed by atoms with Crippen molar-refractivity contribution in [1.82, 2.24) is 15.0 Å². The molecule has 0 spiro atoms. The van der Waals surface area contributed by atoms with Gasteiger partial charge in [0.2, 0.25) is 11.9 Å². The molecular formula is C14H17N5O. The van der Waals surface area contributed by atoms with Gasteiger partial charge in [0.05, 0.1) is 7.11 Å². The topological polar surface area (TPSA) is 63.2 Å². The Morgan fingerprint density at radius 3 is 2.90 bits per heavy atom. The summed E-state index contributed by atoms with van der Waals surface area (Å²) in [4.78, 5) is 15.1. The molecule has 6 nitrogen and oxygen atoms in total. The van der Waals surface area contributed by atoms with Gasteiger partial charge in [-0.15, -0.1) is 0 Å². The van der Waals surface area contributed by atoms with Gasteiger partial charge in [0.1, 0.15) is 0 Å². The molecule has 2 heterocycles. The minimum atomic E-state index is 0.329. The maximum Gasteiger partial charge on any atom is 0.322 e. The Morgan fingerprint density at radius 2 is 2.10 bits per heavy atom. The van der Waals surface area contributed by atoms with Gasteiger partial charge in [0.15, 0.2) is 0 Å². The molecular weight excluding hydrogens is 254 g/mol. The van der Waals surface area contributed by atoms with Crippen molar-refractivity contribution < 1.29 is 4.74 Å². The molecule has 1 N–H and O–H groups in total. The lowest BCUT2D eigenvalue weighted by molar-refractivity contribution is 0.379. The number of hydrogen-bond acceptors (Lipinski definition) is 6. The van der Waals surface area contributed by atoms with Crippen LogP contribution in [0.15, 0.2) is 24.3 Å². The summed E-state index contributed by atoms with van der Waals surface area (Å²) in [5.74, 6) is 1.16. The Hall–Kier alpha value is -2.37. The molecule has 1 aromatic heterocycles. The molecule has 0 fully saturated rings. The molecule has 104 valence electrons. The standard InChI is InChI=1S/C14H17N5O/c1-3-15-12-16-13(18-14(17-12)20-2)19-9-8-10-6-4-5-7-11(10)19/h4-7H,3,8-9H2,1-2H3,(H,15,16,17,18). The first-order valence-electron chi connectivity index (χ1n) is 6.71. The number of nitrogens with one attached hydrogen (secondary N) is 1. The molecule has 0 radical (unpaired) electrons. The van der Waals surface area contributed by atoms with Crippen molar-refractivity contribution in [2.24, 2.45) is 0 Å². The van der Waals surface area contributed by atoms with Crippen LogP contribution in [-0.4, -0.2) is 35.2 Å². The Labute approximate surface area is 117 Å². The summed E-state index contributed by atoms with van der Waals surface area (Å²) in [7, 11) is 1.56. The Bertz CT molecular complexity index is 616. The van der Waals surface area contributed by atoms with Crippen LogP contribution in [0.25, 0.3) is 0 Å². The second-order valence-electron chi connectivity index (χ2n) is 4.51. The van der Waals surface area contributed by atoms with Crippen molar-refractivity contribution in [2.75, 3.05) is 30.4 Å². The monoisotopic (exact) mass is 271 g/mol. The second-order valence-corrected chi connectivity index (χ2v) is 4.51. The van der Waals surface area contributed by atoms with Crippen LogP contribution >= 0.6 is 0 Å². The SMILES string of the molecule is CCNc1nc(OC)nc(N2CCc3ccccc32)n1. The highest BCUT2D eigenvalue weighted by Gasteiger charge is 2.23. The van der Waals surface area contributed by atoms with Gasteiger partial charge < -0.3 is 15.0 Å². The summed E-state index contributed by atoms with van der Waals surface area (Å²) in [6.07, 6.45) is 1.00. The summed E-state index contributed by atoms with van der Waals surface area (Å²) in [5.41, 5.74) is 2.47. The van der Waals surface area contributed by atoms with E-state index in [0.29, 0.717) is 17.9 Å². The first-order chi connectivity index (χ1) is 9.81. The number of anilines is 3. The van der Waals surface area contributed by atoms with Crippen LogP contribution in [0.2, 0.25) is 0 Å². The summed E-state index contributed by atoms with van der Waals surface area (Å²) in [6.45, 7) is 3.63. The molecule has 0 atom stereocenters. The van der Waals surface area contributed by atoms with E-state index < -0.39 is 0 Å². The van der Waals surface area contributed by atoms with E-state index in [2.05, 4.69) is 43.4 Å². The average Bonchev–Trinajstić information content (AvgIpc) is 2.91. The van der Waals surface area contributed by atoms with E-state index in [1.165, 1.54) is 5.56 Å². The molecule has 1 aliphatic heterocycles. The van der Waals surface area contributed by atoms with Crippen LogP contribution in [0.1, 0.15) is 12.5 Å². The highest BCUT2D eigenvalue weighted by molar-refractivity contribution is 5.66. The average molecular weight is 271 g/mol. The Morgan fingerprint density at radius 1 is 1.25 bits per heavy atom. The lowest BCUT2D eigenvalue weighted by Gasteiger charge is -2.18. The molecule has 6 heteroatoms. The number of hydrogen-bond donors (Lipinski definition) is 1. The third-order valence-electron chi connectivity index (χ3n) is 3.25. The van der Waals surface area contributed by atoms with Crippen molar-refractivity contribution in [2.45, 2.75) is 13.3 Å². The molecule has 2 aromatic rings. The molecule has 20 heavy (non-hydrogen) atoms. The highest BCUT2D eigenvalue weighted by atomic mass is 16.5. The number of aromatic nitrogens is 3. The van der Waals surface area contributed by atoms with Crippen molar-refractivity contribution in [1.29, 1.82) is 0 Å². The van der Waals surface area contributed by atoms with Crippen LogP contribution in [-0.2, 0) is 6.42 Å². The summed E-state index contributed by atoms with van der Waals surface area (Å²) in [5, 5.41) is 3.10. The van der Waals surface area contributed by atoms with Gasteiger partial charge in [0, 0.05) is 18.8 Å². The Balaban J connectivity index is 2.00. The molecule has 1 aliphatic rings. The maximum atomic E-state index is 5.16. The second kappa shape index (κ2) is 5.32. The van der Waals surface area contributed by atoms with Crippen LogP contribution in [0.5, 0.6) is 6.01 Å². The number of benzene rings is 1. The van der Waals surface area contributed by atoms with E-state index >= 15 is 0 Å². The van der Waals surface area contributed by atoms with E-state index in [1.807, 2.05) is 13.0 Å². The normalized spacial score (nSPS) is 13.2. The molecule has 0 unspecified atom stereocenters. The largest absolute Gasteiger partial charge is 0.467 e. The third kappa shape index (κ3) is 2.24. The van der Waals surface area contributed by atoms with E-state index in [4.69, 9.17) is 4.74 Å². The number of methoxy groups -OCH3 is 1. The summed E-state index contributed by atoms with van der Waals surface area (Å²) < 4.78 is 5.16. The quantitative estimate of drug-likeness (QED) is 0.917.